The van der Waals surface area contributed by atoms with Gasteiger partial charge in [-0.2, -0.15) is 10.1 Å². The number of non-ortho nitro benzene ring substituents is 1. The molecule has 11 nitrogen and oxygen atoms in total. The number of hydrogen-bond donors (Lipinski definition) is 2. The second-order valence-corrected chi connectivity index (χ2v) is 5.20. The van der Waals surface area contributed by atoms with E-state index < -0.39 is 16.2 Å². The number of nitrogens with zero attached hydrogens (tertiary/aromatic N) is 5. The van der Waals surface area contributed by atoms with Gasteiger partial charge in [-0.15, -0.1) is 0 Å². The predicted octanol–water partition coefficient (Wildman–Crippen LogP) is 0.314. The molecular weight excluding hydrogens is 330 g/mol. The van der Waals surface area contributed by atoms with Crippen LogP contribution in [-0.2, 0) is 14.1 Å². The summed E-state index contributed by atoms with van der Waals surface area (Å²) in [6.07, 6.45) is 1.45. The number of fused-ring (bicyclic) bond motifs is 1. The van der Waals surface area contributed by atoms with Crippen LogP contribution in [-0.4, -0.2) is 30.2 Å². The zero-order valence-electron chi connectivity index (χ0n) is 13.3. The Morgan fingerprint density at radius 1 is 1.24 bits per heavy atom. The molecule has 11 heteroatoms. The lowest BCUT2D eigenvalue weighted by Crippen LogP contribution is -2.29. The van der Waals surface area contributed by atoms with Crippen molar-refractivity contribution in [2.75, 3.05) is 5.43 Å². The number of H-pyrrole nitrogens is 1. The predicted molar refractivity (Wildman–Crippen MR) is 90.9 cm³/mol. The van der Waals surface area contributed by atoms with Gasteiger partial charge in [-0.25, -0.2) is 10.2 Å². The molecule has 2 aromatic heterocycles. The molecule has 2 heterocycles. The third-order valence-corrected chi connectivity index (χ3v) is 3.62. The van der Waals surface area contributed by atoms with Crippen LogP contribution in [0.25, 0.3) is 11.2 Å². The number of aryl methyl sites for hydroxylation is 2. The van der Waals surface area contributed by atoms with Crippen molar-refractivity contribution in [2.24, 2.45) is 19.2 Å². The average Bonchev–Trinajstić information content (AvgIpc) is 2.91. The van der Waals surface area contributed by atoms with Crippen molar-refractivity contribution in [2.45, 2.75) is 0 Å². The normalized spacial score (nSPS) is 11.3. The van der Waals surface area contributed by atoms with Gasteiger partial charge in [0.25, 0.3) is 11.2 Å². The van der Waals surface area contributed by atoms with Crippen molar-refractivity contribution in [3.05, 3.63) is 60.8 Å². The summed E-state index contributed by atoms with van der Waals surface area (Å²) in [4.78, 5) is 40.0. The summed E-state index contributed by atoms with van der Waals surface area (Å²) < 4.78 is 2.70. The number of imidazole rings is 1. The molecule has 0 spiro atoms. The van der Waals surface area contributed by atoms with E-state index in [0.717, 1.165) is 0 Å². The van der Waals surface area contributed by atoms with E-state index in [1.807, 2.05) is 0 Å². The lowest BCUT2D eigenvalue weighted by Gasteiger charge is -2.00. The van der Waals surface area contributed by atoms with Gasteiger partial charge in [0.15, 0.2) is 11.2 Å². The summed E-state index contributed by atoms with van der Waals surface area (Å²) in [6, 6.07) is 5.83. The number of hydrazone groups is 1. The van der Waals surface area contributed by atoms with Crippen LogP contribution in [0.2, 0.25) is 0 Å². The van der Waals surface area contributed by atoms with Crippen LogP contribution in [0.1, 0.15) is 5.56 Å². The molecule has 128 valence electrons. The van der Waals surface area contributed by atoms with Crippen molar-refractivity contribution in [3.63, 3.8) is 0 Å². The first kappa shape index (κ1) is 16.1. The Morgan fingerprint density at radius 2 is 1.92 bits per heavy atom. The molecular formula is C14H13N7O4. The van der Waals surface area contributed by atoms with Crippen LogP contribution < -0.4 is 16.7 Å². The molecule has 0 aliphatic carbocycles. The van der Waals surface area contributed by atoms with Gasteiger partial charge in [0, 0.05) is 26.2 Å². The molecule has 3 aromatic rings. The highest BCUT2D eigenvalue weighted by molar-refractivity contribution is 5.81. The Balaban J connectivity index is 1.88. The summed E-state index contributed by atoms with van der Waals surface area (Å²) in [6.45, 7) is 0. The molecule has 0 aliphatic rings. The van der Waals surface area contributed by atoms with E-state index in [0.29, 0.717) is 5.56 Å². The Labute approximate surface area is 139 Å². The quantitative estimate of drug-likeness (QED) is 0.397. The molecule has 0 saturated carbocycles. The van der Waals surface area contributed by atoms with Gasteiger partial charge in [-0.3, -0.25) is 24.5 Å². The second-order valence-electron chi connectivity index (χ2n) is 5.20. The maximum absolute atomic E-state index is 11.9. The number of rotatable bonds is 4. The van der Waals surface area contributed by atoms with Crippen LogP contribution in [0.15, 0.2) is 39.0 Å². The van der Waals surface area contributed by atoms with E-state index in [1.54, 1.807) is 19.2 Å². The number of nitro groups is 1. The zero-order valence-corrected chi connectivity index (χ0v) is 13.3. The maximum Gasteiger partial charge on any atom is 0.329 e. The van der Waals surface area contributed by atoms with Gasteiger partial charge >= 0.3 is 5.69 Å². The number of nitro benzene ring substituents is 1. The van der Waals surface area contributed by atoms with Crippen LogP contribution in [0.4, 0.5) is 11.6 Å². The third kappa shape index (κ3) is 2.89. The Bertz CT molecular complexity index is 1110. The first-order valence-electron chi connectivity index (χ1n) is 7.07. The van der Waals surface area contributed by atoms with E-state index in [2.05, 4.69) is 20.5 Å². The minimum absolute atomic E-state index is 0.0133. The van der Waals surface area contributed by atoms with Gasteiger partial charge in [0.05, 0.1) is 11.1 Å². The Kier molecular flexibility index (Phi) is 3.89. The Hall–Kier alpha value is -3.76. The number of aromatic amines is 1. The van der Waals surface area contributed by atoms with Gasteiger partial charge in [0.1, 0.15) is 0 Å². The van der Waals surface area contributed by atoms with Crippen LogP contribution in [0.3, 0.4) is 0 Å². The first-order chi connectivity index (χ1) is 11.9. The van der Waals surface area contributed by atoms with E-state index in [1.165, 1.54) is 34.5 Å². The van der Waals surface area contributed by atoms with Crippen LogP contribution >= 0.6 is 0 Å². The topological polar surface area (TPSA) is 140 Å². The summed E-state index contributed by atoms with van der Waals surface area (Å²) in [5, 5.41) is 14.6. The van der Waals surface area contributed by atoms with Crippen LogP contribution in [0.5, 0.6) is 0 Å². The maximum atomic E-state index is 11.9. The van der Waals surface area contributed by atoms with Crippen molar-refractivity contribution >= 4 is 29.0 Å². The number of hydrogen-bond acceptors (Lipinski definition) is 7. The smallest absolute Gasteiger partial charge is 0.306 e. The minimum Gasteiger partial charge on any atom is -0.306 e. The fourth-order valence-corrected chi connectivity index (χ4v) is 2.25. The van der Waals surface area contributed by atoms with Crippen molar-refractivity contribution < 1.29 is 4.92 Å². The second kappa shape index (κ2) is 6.03. The molecule has 0 fully saturated rings. The summed E-state index contributed by atoms with van der Waals surface area (Å²) >= 11 is 0. The molecule has 1 aromatic carbocycles. The van der Waals surface area contributed by atoms with E-state index in [-0.39, 0.29) is 22.8 Å². The SMILES string of the molecule is Cn1c(N/N=C/c2ccc([N+](=O)[O-])cc2)nc2c1c(=O)[nH]c(=O)n2C. The summed E-state index contributed by atoms with van der Waals surface area (Å²) in [5.74, 6) is 0.264. The minimum atomic E-state index is -0.559. The fourth-order valence-electron chi connectivity index (χ4n) is 2.25. The van der Waals surface area contributed by atoms with Gasteiger partial charge < -0.3 is 4.57 Å². The number of benzene rings is 1. The molecule has 0 amide bonds. The monoisotopic (exact) mass is 343 g/mol. The molecule has 3 rings (SSSR count). The van der Waals surface area contributed by atoms with E-state index in [9.17, 15) is 19.7 Å². The molecule has 0 unspecified atom stereocenters. The lowest BCUT2D eigenvalue weighted by molar-refractivity contribution is -0.384. The van der Waals surface area contributed by atoms with Gasteiger partial charge in [-0.1, -0.05) is 0 Å². The molecule has 0 aliphatic heterocycles. The van der Waals surface area contributed by atoms with E-state index in [4.69, 9.17) is 0 Å². The number of anilines is 1. The standard InChI is InChI=1S/C14H13N7O4/c1-19-10-11(20(2)14(23)17-12(10)22)16-13(19)18-15-7-8-3-5-9(6-4-8)21(24)25/h3-7H,1-2H3,(H,16,18)(H,17,22,23)/b15-7+. The molecule has 2 N–H and O–H groups in total. The average molecular weight is 343 g/mol. The summed E-state index contributed by atoms with van der Waals surface area (Å²) in [7, 11) is 3.11. The van der Waals surface area contributed by atoms with E-state index >= 15 is 0 Å². The number of aromatic nitrogens is 4. The van der Waals surface area contributed by atoms with Crippen molar-refractivity contribution in [1.82, 2.24) is 19.1 Å². The number of nitrogens with one attached hydrogen (secondary N) is 2. The zero-order chi connectivity index (χ0) is 18.1. The highest BCUT2D eigenvalue weighted by Gasteiger charge is 2.14. The van der Waals surface area contributed by atoms with Crippen molar-refractivity contribution in [3.8, 4) is 0 Å². The Morgan fingerprint density at radius 3 is 2.56 bits per heavy atom. The highest BCUT2D eigenvalue weighted by atomic mass is 16.6. The summed E-state index contributed by atoms with van der Waals surface area (Å²) in [5.41, 5.74) is 2.67. The molecule has 0 saturated heterocycles. The first-order valence-corrected chi connectivity index (χ1v) is 7.07. The molecule has 0 atom stereocenters. The lowest BCUT2D eigenvalue weighted by atomic mass is 10.2. The third-order valence-electron chi connectivity index (χ3n) is 3.62. The molecule has 0 radical (unpaired) electrons. The van der Waals surface area contributed by atoms with Gasteiger partial charge in [0.2, 0.25) is 5.95 Å². The molecule has 25 heavy (non-hydrogen) atoms. The van der Waals surface area contributed by atoms with Crippen LogP contribution in [0, 0.1) is 10.1 Å². The largest absolute Gasteiger partial charge is 0.329 e. The molecule has 0 bridgehead atoms. The van der Waals surface area contributed by atoms with Gasteiger partial charge in [-0.05, 0) is 17.7 Å². The highest BCUT2D eigenvalue weighted by Crippen LogP contribution is 2.13. The fraction of sp³-hybridized carbons (Fsp3) is 0.143. The van der Waals surface area contributed by atoms with Crippen molar-refractivity contribution in [1.29, 1.82) is 0 Å².